The van der Waals surface area contributed by atoms with Crippen molar-refractivity contribution in [2.45, 2.75) is 116 Å². The van der Waals surface area contributed by atoms with Crippen molar-refractivity contribution in [2.75, 3.05) is 12.4 Å². The normalized spacial score (nSPS) is 11.6. The lowest BCUT2D eigenvalue weighted by molar-refractivity contribution is -0.120. The number of carbonyl (C=O) groups excluding carboxylic acids is 2. The Balaban J connectivity index is 1.84. The molecular weight excluding hydrogens is 458 g/mol. The van der Waals surface area contributed by atoms with Crippen molar-refractivity contribution in [2.24, 2.45) is 0 Å². The number of ketones is 1. The second-order valence-corrected chi connectivity index (χ2v) is 10.7. The first kappa shape index (κ1) is 30.2. The lowest BCUT2D eigenvalue weighted by Gasteiger charge is -2.07. The van der Waals surface area contributed by atoms with Crippen molar-refractivity contribution < 1.29 is 23.1 Å². The Morgan fingerprint density at radius 3 is 1.82 bits per heavy atom. The number of unbranched alkanes of at least 4 members (excludes halogenated alkanes) is 12. The van der Waals surface area contributed by atoms with Gasteiger partial charge in [-0.2, -0.15) is 0 Å². The van der Waals surface area contributed by atoms with Crippen molar-refractivity contribution in [1.29, 1.82) is 0 Å². The number of rotatable bonds is 23. The highest BCUT2D eigenvalue weighted by Crippen LogP contribution is 2.13. The fourth-order valence-electron chi connectivity index (χ4n) is 3.78. The molecule has 0 saturated heterocycles. The van der Waals surface area contributed by atoms with Crippen molar-refractivity contribution in [3.05, 3.63) is 5.82 Å². The fraction of sp³-hybridized carbons (Fsp3) is 0.870. The Bertz CT molecular complexity index is 756. The van der Waals surface area contributed by atoms with E-state index in [1.54, 1.807) is 0 Å². The van der Waals surface area contributed by atoms with Crippen LogP contribution in [0.25, 0.3) is 0 Å². The van der Waals surface area contributed by atoms with Crippen molar-refractivity contribution >= 4 is 21.7 Å². The number of carbonyl (C=O) groups is 2. The third-order valence-electron chi connectivity index (χ3n) is 5.73. The summed E-state index contributed by atoms with van der Waals surface area (Å²) in [5.41, 5.74) is 0. The van der Waals surface area contributed by atoms with Gasteiger partial charge >= 0.3 is 0 Å². The Labute approximate surface area is 204 Å². The van der Waals surface area contributed by atoms with E-state index in [1.807, 2.05) is 0 Å². The summed E-state index contributed by atoms with van der Waals surface area (Å²) >= 11 is 0. The minimum Gasteiger partial charge on any atom is -0.300 e. The van der Waals surface area contributed by atoms with Crippen molar-refractivity contribution in [1.82, 2.24) is 25.3 Å². The Kier molecular flexibility index (Phi) is 17.2. The van der Waals surface area contributed by atoms with Crippen molar-refractivity contribution in [3.8, 4) is 0 Å². The number of aromatic nitrogens is 4. The smallest absolute Gasteiger partial charge is 0.234 e. The number of sulfonamides is 1. The summed E-state index contributed by atoms with van der Waals surface area (Å²) in [6, 6.07) is 0. The van der Waals surface area contributed by atoms with Gasteiger partial charge in [0.05, 0.1) is 12.4 Å². The molecule has 1 radical (unpaired) electrons. The van der Waals surface area contributed by atoms with Gasteiger partial charge in [-0.25, -0.2) is 18.6 Å². The Hall–Kier alpha value is -1.88. The second kappa shape index (κ2) is 19.4. The first-order valence-electron chi connectivity index (χ1n) is 12.8. The van der Waals surface area contributed by atoms with Crippen LogP contribution in [0.5, 0.6) is 0 Å². The molecule has 0 aliphatic rings. The topological polar surface area (TPSA) is 155 Å². The zero-order valence-corrected chi connectivity index (χ0v) is 21.2. The van der Waals surface area contributed by atoms with Crippen LogP contribution in [0.1, 0.15) is 115 Å². The Morgan fingerprint density at radius 2 is 1.29 bits per heavy atom. The molecule has 1 aromatic heterocycles. The first-order valence-corrected chi connectivity index (χ1v) is 14.4. The van der Waals surface area contributed by atoms with Crippen LogP contribution >= 0.6 is 0 Å². The van der Waals surface area contributed by atoms with E-state index in [0.717, 1.165) is 37.9 Å². The fourth-order valence-corrected chi connectivity index (χ4v) is 4.86. The number of hydrogen-bond acceptors (Lipinski definition) is 7. The van der Waals surface area contributed by atoms with Gasteiger partial charge in [0.2, 0.25) is 15.9 Å². The quantitative estimate of drug-likeness (QED) is 0.216. The number of aromatic amines is 1. The largest absolute Gasteiger partial charge is 0.300 e. The third kappa shape index (κ3) is 17.6. The number of H-pyrrole nitrogens is 1. The molecule has 0 atom stereocenters. The maximum Gasteiger partial charge on any atom is 0.234 e. The molecule has 0 spiro atoms. The minimum absolute atomic E-state index is 0.0565. The number of amides is 1. The van der Waals surface area contributed by atoms with Gasteiger partial charge in [-0.3, -0.25) is 14.3 Å². The highest BCUT2D eigenvalue weighted by molar-refractivity contribution is 7.90. The summed E-state index contributed by atoms with van der Waals surface area (Å²) in [6.07, 6.45) is 16.2. The predicted octanol–water partition coefficient (Wildman–Crippen LogP) is 3.82. The van der Waals surface area contributed by atoms with Crippen LogP contribution in [-0.4, -0.2) is 53.1 Å². The lowest BCUT2D eigenvalue weighted by Crippen LogP contribution is -2.32. The van der Waals surface area contributed by atoms with Crippen LogP contribution < -0.4 is 4.72 Å². The number of tetrazole rings is 1. The molecule has 195 valence electrons. The summed E-state index contributed by atoms with van der Waals surface area (Å²) in [5, 5.41) is 24.1. The first-order chi connectivity index (χ1) is 16.4. The number of nitrogens with zero attached hydrogens (tertiary/aromatic N) is 3. The van der Waals surface area contributed by atoms with Crippen LogP contribution in [0.2, 0.25) is 0 Å². The van der Waals surface area contributed by atoms with Crippen LogP contribution in [0, 0.1) is 0 Å². The van der Waals surface area contributed by atoms with E-state index in [4.69, 9.17) is 0 Å². The average molecular weight is 501 g/mol. The molecule has 0 fully saturated rings. The zero-order valence-electron chi connectivity index (χ0n) is 20.4. The molecule has 0 saturated carbocycles. The molecule has 11 heteroatoms. The summed E-state index contributed by atoms with van der Waals surface area (Å²) in [5.74, 6) is -0.126. The Morgan fingerprint density at radius 1 is 0.735 bits per heavy atom. The van der Waals surface area contributed by atoms with E-state index < -0.39 is 22.5 Å². The van der Waals surface area contributed by atoms with Gasteiger partial charge < -0.3 is 0 Å². The summed E-state index contributed by atoms with van der Waals surface area (Å²) in [7, 11) is -3.71. The summed E-state index contributed by atoms with van der Waals surface area (Å²) in [4.78, 5) is 23.1. The minimum atomic E-state index is -3.71. The SMILES string of the molecule is [O]CCC(=O)CCCS(=O)(=O)NC(=O)CCCCCCCCCCCCCCCc1nnn[nH]1. The van der Waals surface area contributed by atoms with Gasteiger partial charge in [0.1, 0.15) is 11.6 Å². The van der Waals surface area contributed by atoms with Gasteiger partial charge in [0, 0.05) is 25.7 Å². The van der Waals surface area contributed by atoms with E-state index >= 15 is 0 Å². The van der Waals surface area contributed by atoms with Crippen LogP contribution in [-0.2, 0) is 31.1 Å². The maximum absolute atomic E-state index is 11.9. The average Bonchev–Trinajstić information content (AvgIpc) is 3.29. The van der Waals surface area contributed by atoms with Gasteiger partial charge in [-0.1, -0.05) is 70.6 Å². The van der Waals surface area contributed by atoms with E-state index in [1.165, 1.54) is 51.4 Å². The molecule has 1 amide bonds. The molecule has 0 unspecified atom stereocenters. The third-order valence-corrected chi connectivity index (χ3v) is 7.09. The van der Waals surface area contributed by atoms with Gasteiger partial charge in [0.15, 0.2) is 0 Å². The van der Waals surface area contributed by atoms with Crippen LogP contribution in [0.3, 0.4) is 0 Å². The monoisotopic (exact) mass is 500 g/mol. The van der Waals surface area contributed by atoms with Crippen LogP contribution in [0.15, 0.2) is 0 Å². The molecule has 0 aliphatic carbocycles. The van der Waals surface area contributed by atoms with Gasteiger partial charge in [-0.15, -0.1) is 5.10 Å². The van der Waals surface area contributed by atoms with Gasteiger partial charge in [0.25, 0.3) is 0 Å². The van der Waals surface area contributed by atoms with E-state index in [2.05, 4.69) is 25.3 Å². The highest BCUT2D eigenvalue weighted by Gasteiger charge is 2.15. The molecule has 1 rings (SSSR count). The molecule has 0 aromatic carbocycles. The zero-order chi connectivity index (χ0) is 24.9. The molecule has 0 bridgehead atoms. The molecule has 1 aromatic rings. The molecule has 0 aliphatic heterocycles. The number of Topliss-reactive ketones (excluding diaryl/α,β-unsaturated/α-hetero) is 1. The lowest BCUT2D eigenvalue weighted by atomic mass is 10.0. The standard InChI is InChI=1S/C23H42N5O5S/c29-19-18-21(30)15-14-20-34(32,33)26-23(31)17-13-11-9-7-5-3-1-2-4-6-8-10-12-16-22-24-27-28-25-22/h1-20H2,(H,26,31)(H,24,25,27,28). The molecule has 1 heterocycles. The molecule has 2 N–H and O–H groups in total. The molecule has 10 nitrogen and oxygen atoms in total. The summed E-state index contributed by atoms with van der Waals surface area (Å²) in [6.45, 7) is -0.478. The molecular formula is C23H42N5O5S. The van der Waals surface area contributed by atoms with Gasteiger partial charge in [-0.05, 0) is 29.7 Å². The second-order valence-electron chi connectivity index (χ2n) is 8.88. The highest BCUT2D eigenvalue weighted by atomic mass is 32.2. The van der Waals surface area contributed by atoms with E-state index in [-0.39, 0.29) is 37.2 Å². The predicted molar refractivity (Wildman–Crippen MR) is 129 cm³/mol. The number of hydrogen-bond donors (Lipinski definition) is 2. The molecule has 34 heavy (non-hydrogen) atoms. The van der Waals surface area contributed by atoms with E-state index in [9.17, 15) is 23.1 Å². The van der Waals surface area contributed by atoms with Crippen molar-refractivity contribution in [3.63, 3.8) is 0 Å². The van der Waals surface area contributed by atoms with Crippen LogP contribution in [0.4, 0.5) is 0 Å². The number of aryl methyl sites for hydroxylation is 1. The van der Waals surface area contributed by atoms with E-state index in [0.29, 0.717) is 6.42 Å². The number of nitrogens with one attached hydrogen (secondary N) is 2. The maximum atomic E-state index is 11.9. The summed E-state index contributed by atoms with van der Waals surface area (Å²) < 4.78 is 25.8.